The number of hydrogen-bond donors (Lipinski definition) is 0. The van der Waals surface area contributed by atoms with Crippen LogP contribution in [0.1, 0.15) is 70.6 Å². The molecule has 0 N–H and O–H groups in total. The molecule has 0 aromatic heterocycles. The van der Waals surface area contributed by atoms with Crippen LogP contribution in [-0.2, 0) is 14.3 Å². The maximum atomic E-state index is 12.5. The highest BCUT2D eigenvalue weighted by Gasteiger charge is 2.37. The zero-order valence-corrected chi connectivity index (χ0v) is 12.7. The van der Waals surface area contributed by atoms with Gasteiger partial charge in [-0.3, -0.25) is 9.59 Å². The molecule has 2 fully saturated rings. The number of ketones is 1. The van der Waals surface area contributed by atoms with Crippen LogP contribution in [0.15, 0.2) is 0 Å². The summed E-state index contributed by atoms with van der Waals surface area (Å²) in [6.45, 7) is 0. The van der Waals surface area contributed by atoms with Crippen molar-refractivity contribution in [3.8, 4) is 0 Å². The van der Waals surface area contributed by atoms with Crippen molar-refractivity contribution in [2.75, 3.05) is 7.11 Å². The number of hydrogen-bond acceptors (Lipinski definition) is 3. The summed E-state index contributed by atoms with van der Waals surface area (Å²) in [7, 11) is 1.42. The van der Waals surface area contributed by atoms with Crippen LogP contribution in [0.5, 0.6) is 0 Å². The fourth-order valence-corrected chi connectivity index (χ4v) is 4.19. The summed E-state index contributed by atoms with van der Waals surface area (Å²) in [5.41, 5.74) is 0. The van der Waals surface area contributed by atoms with E-state index < -0.39 is 0 Å². The van der Waals surface area contributed by atoms with Gasteiger partial charge in [-0.2, -0.15) is 0 Å². The number of fused-ring (bicyclic) bond motifs is 1. The molecule has 0 bridgehead atoms. The molecule has 3 heteroatoms. The highest BCUT2D eigenvalue weighted by atomic mass is 16.5. The highest BCUT2D eigenvalue weighted by molar-refractivity contribution is 5.81. The number of ether oxygens (including phenoxy) is 1. The highest BCUT2D eigenvalue weighted by Crippen LogP contribution is 2.44. The summed E-state index contributed by atoms with van der Waals surface area (Å²) < 4.78 is 4.62. The van der Waals surface area contributed by atoms with Crippen LogP contribution in [0, 0.1) is 17.8 Å². The predicted octanol–water partition coefficient (Wildman–Crippen LogP) is 3.90. The van der Waals surface area contributed by atoms with Crippen LogP contribution in [-0.4, -0.2) is 18.9 Å². The largest absolute Gasteiger partial charge is 0.469 e. The number of carbonyl (C=O) groups excluding carboxylic acids is 2. The van der Waals surface area contributed by atoms with E-state index in [2.05, 4.69) is 4.74 Å². The second kappa shape index (κ2) is 7.80. The van der Waals surface area contributed by atoms with Crippen molar-refractivity contribution in [1.29, 1.82) is 0 Å². The number of carbonyl (C=O) groups is 2. The predicted molar refractivity (Wildman–Crippen MR) is 78.3 cm³/mol. The lowest BCUT2D eigenvalue weighted by molar-refractivity contribution is -0.141. The second-order valence-corrected chi connectivity index (χ2v) is 6.50. The van der Waals surface area contributed by atoms with Gasteiger partial charge in [-0.1, -0.05) is 32.1 Å². The first-order valence-electron chi connectivity index (χ1n) is 8.32. The Hall–Kier alpha value is -0.860. The van der Waals surface area contributed by atoms with Crippen molar-refractivity contribution < 1.29 is 14.3 Å². The van der Waals surface area contributed by atoms with E-state index >= 15 is 0 Å². The quantitative estimate of drug-likeness (QED) is 0.547. The first-order valence-corrected chi connectivity index (χ1v) is 8.32. The van der Waals surface area contributed by atoms with Gasteiger partial charge in [0.15, 0.2) is 0 Å². The fraction of sp³-hybridized carbons (Fsp3) is 0.882. The summed E-state index contributed by atoms with van der Waals surface area (Å²) in [5.74, 6) is 2.12. The Morgan fingerprint density at radius 2 is 1.65 bits per heavy atom. The summed E-state index contributed by atoms with van der Waals surface area (Å²) in [6.07, 6.45) is 11.7. The zero-order valence-electron chi connectivity index (χ0n) is 12.7. The van der Waals surface area contributed by atoms with E-state index in [4.69, 9.17) is 0 Å². The molecule has 2 saturated carbocycles. The van der Waals surface area contributed by atoms with Crippen LogP contribution in [0.4, 0.5) is 0 Å². The van der Waals surface area contributed by atoms with Crippen LogP contribution in [0.25, 0.3) is 0 Å². The number of Topliss-reactive ketones (excluding diaryl/α,β-unsaturated/α-hetero) is 1. The van der Waals surface area contributed by atoms with E-state index in [0.717, 1.165) is 25.2 Å². The lowest BCUT2D eigenvalue weighted by Crippen LogP contribution is -2.35. The minimum Gasteiger partial charge on any atom is -0.469 e. The van der Waals surface area contributed by atoms with E-state index in [1.54, 1.807) is 0 Å². The molecule has 0 aliphatic heterocycles. The van der Waals surface area contributed by atoms with Gasteiger partial charge in [-0.25, -0.2) is 0 Å². The first kappa shape index (κ1) is 15.5. The molecule has 0 aromatic rings. The molecular formula is C17H28O3. The van der Waals surface area contributed by atoms with Gasteiger partial charge in [-0.05, 0) is 37.5 Å². The summed E-state index contributed by atoms with van der Waals surface area (Å²) >= 11 is 0. The normalized spacial score (nSPS) is 29.6. The third kappa shape index (κ3) is 4.07. The van der Waals surface area contributed by atoms with Gasteiger partial charge in [0, 0.05) is 18.8 Å². The average molecular weight is 280 g/mol. The van der Waals surface area contributed by atoms with E-state index in [-0.39, 0.29) is 5.97 Å². The molecule has 0 saturated heterocycles. The molecular weight excluding hydrogens is 252 g/mol. The van der Waals surface area contributed by atoms with Crippen LogP contribution >= 0.6 is 0 Å². The van der Waals surface area contributed by atoms with Crippen molar-refractivity contribution in [1.82, 2.24) is 0 Å². The molecule has 2 aliphatic rings. The Labute approximate surface area is 122 Å². The molecule has 2 rings (SSSR count). The summed E-state index contributed by atoms with van der Waals surface area (Å²) in [4.78, 5) is 23.5. The Morgan fingerprint density at radius 3 is 2.45 bits per heavy atom. The van der Waals surface area contributed by atoms with Crippen LogP contribution in [0.3, 0.4) is 0 Å². The van der Waals surface area contributed by atoms with Crippen LogP contribution < -0.4 is 0 Å². The smallest absolute Gasteiger partial charge is 0.305 e. The standard InChI is InChI=1S/C17H28O3/c1-20-17(19)12-5-4-11-16(18)15-10-6-8-13-7-2-3-9-14(13)15/h13-15H,2-12H2,1H3. The Morgan fingerprint density at radius 1 is 0.950 bits per heavy atom. The maximum absolute atomic E-state index is 12.5. The van der Waals surface area contributed by atoms with E-state index in [9.17, 15) is 9.59 Å². The third-order valence-corrected chi connectivity index (χ3v) is 5.27. The van der Waals surface area contributed by atoms with Crippen molar-refractivity contribution in [2.24, 2.45) is 17.8 Å². The molecule has 3 unspecified atom stereocenters. The Kier molecular flexibility index (Phi) is 6.06. The monoisotopic (exact) mass is 280 g/mol. The van der Waals surface area contributed by atoms with Crippen molar-refractivity contribution in [2.45, 2.75) is 70.6 Å². The van der Waals surface area contributed by atoms with Gasteiger partial charge in [0.1, 0.15) is 5.78 Å². The van der Waals surface area contributed by atoms with Gasteiger partial charge in [0.2, 0.25) is 0 Å². The van der Waals surface area contributed by atoms with Gasteiger partial charge in [0.05, 0.1) is 7.11 Å². The molecule has 3 atom stereocenters. The molecule has 0 aromatic carbocycles. The molecule has 114 valence electrons. The third-order valence-electron chi connectivity index (χ3n) is 5.27. The molecule has 2 aliphatic carbocycles. The lowest BCUT2D eigenvalue weighted by Gasteiger charge is -2.40. The number of methoxy groups -OCH3 is 1. The Bertz CT molecular complexity index is 335. The maximum Gasteiger partial charge on any atom is 0.305 e. The molecule has 0 spiro atoms. The van der Waals surface area contributed by atoms with E-state index in [1.807, 2.05) is 0 Å². The first-order chi connectivity index (χ1) is 9.72. The SMILES string of the molecule is COC(=O)CCCCC(=O)C1CCCC2CCCCC21. The summed E-state index contributed by atoms with van der Waals surface area (Å²) in [5, 5.41) is 0. The summed E-state index contributed by atoms with van der Waals surface area (Å²) in [6, 6.07) is 0. The minimum atomic E-state index is -0.164. The second-order valence-electron chi connectivity index (χ2n) is 6.50. The van der Waals surface area contributed by atoms with E-state index in [0.29, 0.717) is 30.5 Å². The zero-order chi connectivity index (χ0) is 14.4. The number of rotatable bonds is 6. The number of unbranched alkanes of at least 4 members (excludes halogenated alkanes) is 1. The van der Waals surface area contributed by atoms with Crippen molar-refractivity contribution >= 4 is 11.8 Å². The Balaban J connectivity index is 1.74. The molecule has 0 heterocycles. The lowest BCUT2D eigenvalue weighted by atomic mass is 9.64. The van der Waals surface area contributed by atoms with Crippen molar-refractivity contribution in [3.63, 3.8) is 0 Å². The minimum absolute atomic E-state index is 0.164. The van der Waals surface area contributed by atoms with E-state index in [1.165, 1.54) is 45.6 Å². The molecule has 0 amide bonds. The molecule has 3 nitrogen and oxygen atoms in total. The fourth-order valence-electron chi connectivity index (χ4n) is 4.19. The van der Waals surface area contributed by atoms with Gasteiger partial charge >= 0.3 is 5.97 Å². The topological polar surface area (TPSA) is 43.4 Å². The van der Waals surface area contributed by atoms with Gasteiger partial charge in [-0.15, -0.1) is 0 Å². The molecule has 0 radical (unpaired) electrons. The average Bonchev–Trinajstić information content (AvgIpc) is 2.50. The van der Waals surface area contributed by atoms with Gasteiger partial charge < -0.3 is 4.74 Å². The van der Waals surface area contributed by atoms with Crippen LogP contribution in [0.2, 0.25) is 0 Å². The number of esters is 1. The molecule has 20 heavy (non-hydrogen) atoms. The van der Waals surface area contributed by atoms with Gasteiger partial charge in [0.25, 0.3) is 0 Å². The van der Waals surface area contributed by atoms with Crippen molar-refractivity contribution in [3.05, 3.63) is 0 Å².